The first-order chi connectivity index (χ1) is 14.5. The molecular formula is C25H30N2O3. The van der Waals surface area contributed by atoms with E-state index in [-0.39, 0.29) is 11.9 Å². The molecule has 1 heterocycles. The highest BCUT2D eigenvalue weighted by molar-refractivity contribution is 5.95. The maximum atomic E-state index is 13.5. The minimum absolute atomic E-state index is 0.0333. The molecule has 0 bridgehead atoms. The molecule has 0 saturated carbocycles. The van der Waals surface area contributed by atoms with Crippen LogP contribution < -0.4 is 9.47 Å². The van der Waals surface area contributed by atoms with E-state index in [1.54, 1.807) is 32.4 Å². The molecule has 3 aromatic rings. The average Bonchev–Trinajstić information content (AvgIpc) is 3.23. The van der Waals surface area contributed by atoms with Crippen LogP contribution in [-0.4, -0.2) is 35.6 Å². The Morgan fingerprint density at radius 2 is 1.67 bits per heavy atom. The predicted molar refractivity (Wildman–Crippen MR) is 119 cm³/mol. The smallest absolute Gasteiger partial charge is 0.254 e. The van der Waals surface area contributed by atoms with E-state index in [2.05, 4.69) is 42.8 Å². The second-order valence-corrected chi connectivity index (χ2v) is 7.40. The fourth-order valence-electron chi connectivity index (χ4n) is 3.45. The minimum Gasteiger partial charge on any atom is -0.497 e. The van der Waals surface area contributed by atoms with Crippen molar-refractivity contribution in [2.75, 3.05) is 14.2 Å². The van der Waals surface area contributed by atoms with Crippen LogP contribution in [-0.2, 0) is 13.1 Å². The molecule has 5 nitrogen and oxygen atoms in total. The van der Waals surface area contributed by atoms with Crippen LogP contribution in [0.4, 0.5) is 0 Å². The van der Waals surface area contributed by atoms with E-state index in [1.165, 1.54) is 5.56 Å². The number of hydrogen-bond acceptors (Lipinski definition) is 3. The van der Waals surface area contributed by atoms with Crippen molar-refractivity contribution >= 4 is 5.91 Å². The van der Waals surface area contributed by atoms with E-state index in [1.807, 2.05) is 29.2 Å². The Kier molecular flexibility index (Phi) is 7.17. The summed E-state index contributed by atoms with van der Waals surface area (Å²) >= 11 is 0. The van der Waals surface area contributed by atoms with Gasteiger partial charge in [-0.25, -0.2) is 0 Å². The fourth-order valence-corrected chi connectivity index (χ4v) is 3.45. The lowest BCUT2D eigenvalue weighted by Gasteiger charge is -2.29. The van der Waals surface area contributed by atoms with Crippen LogP contribution in [0.3, 0.4) is 0 Å². The fraction of sp³-hybridized carbons (Fsp3) is 0.320. The Hall–Kier alpha value is -3.21. The molecule has 30 heavy (non-hydrogen) atoms. The second-order valence-electron chi connectivity index (χ2n) is 7.40. The zero-order chi connectivity index (χ0) is 21.5. The van der Waals surface area contributed by atoms with Gasteiger partial charge in [-0.1, -0.05) is 37.3 Å². The maximum Gasteiger partial charge on any atom is 0.254 e. The average molecular weight is 407 g/mol. The Balaban J connectivity index is 1.88. The Labute approximate surface area is 178 Å². The van der Waals surface area contributed by atoms with Crippen molar-refractivity contribution < 1.29 is 14.3 Å². The molecule has 1 aromatic heterocycles. The van der Waals surface area contributed by atoms with Crippen molar-refractivity contribution in [3.05, 3.63) is 83.7 Å². The van der Waals surface area contributed by atoms with E-state index >= 15 is 0 Å². The van der Waals surface area contributed by atoms with Crippen molar-refractivity contribution in [3.63, 3.8) is 0 Å². The number of nitrogens with zero attached hydrogens (tertiary/aromatic N) is 2. The van der Waals surface area contributed by atoms with Gasteiger partial charge in [0.1, 0.15) is 11.5 Å². The monoisotopic (exact) mass is 406 g/mol. The van der Waals surface area contributed by atoms with Gasteiger partial charge in [0.25, 0.3) is 5.91 Å². The summed E-state index contributed by atoms with van der Waals surface area (Å²) in [6.07, 6.45) is 2.93. The molecule has 0 saturated heterocycles. The number of rotatable bonds is 9. The number of carbonyl (C=O) groups excluding carboxylic acids is 1. The van der Waals surface area contributed by atoms with Crippen LogP contribution in [0.15, 0.2) is 66.9 Å². The summed E-state index contributed by atoms with van der Waals surface area (Å²) in [6.45, 7) is 5.49. The van der Waals surface area contributed by atoms with Gasteiger partial charge in [0.15, 0.2) is 0 Å². The summed E-state index contributed by atoms with van der Waals surface area (Å²) in [6, 6.07) is 19.9. The number of hydrogen-bond donors (Lipinski definition) is 0. The number of carbonyl (C=O) groups is 1. The van der Waals surface area contributed by atoms with Gasteiger partial charge in [-0.05, 0) is 43.2 Å². The molecule has 0 aliphatic carbocycles. The van der Waals surface area contributed by atoms with Gasteiger partial charge >= 0.3 is 0 Å². The topological polar surface area (TPSA) is 43.7 Å². The molecule has 0 radical (unpaired) electrons. The summed E-state index contributed by atoms with van der Waals surface area (Å²) in [5.41, 5.74) is 2.89. The highest BCUT2D eigenvalue weighted by Crippen LogP contribution is 2.25. The van der Waals surface area contributed by atoms with Gasteiger partial charge in [-0.3, -0.25) is 4.79 Å². The largest absolute Gasteiger partial charge is 0.497 e. The van der Waals surface area contributed by atoms with Gasteiger partial charge in [-0.15, -0.1) is 0 Å². The third kappa shape index (κ3) is 5.03. The number of methoxy groups -OCH3 is 2. The van der Waals surface area contributed by atoms with Crippen LogP contribution >= 0.6 is 0 Å². The first-order valence-electron chi connectivity index (χ1n) is 10.3. The van der Waals surface area contributed by atoms with E-state index in [0.29, 0.717) is 23.6 Å². The van der Waals surface area contributed by atoms with Crippen LogP contribution in [0, 0.1) is 0 Å². The van der Waals surface area contributed by atoms with Gasteiger partial charge < -0.3 is 18.9 Å². The standard InChI is InChI=1S/C25H30N2O3/c1-5-19(2)27(25(28)21-14-23(29-3)16-24(15-21)30-4)18-22-12-9-13-26(22)17-20-10-7-6-8-11-20/h6-16,19H,5,17-18H2,1-4H3. The molecule has 1 atom stereocenters. The van der Waals surface area contributed by atoms with E-state index in [9.17, 15) is 4.79 Å². The third-order valence-electron chi connectivity index (χ3n) is 5.43. The van der Waals surface area contributed by atoms with Crippen LogP contribution in [0.5, 0.6) is 11.5 Å². The van der Waals surface area contributed by atoms with Crippen molar-refractivity contribution in [3.8, 4) is 11.5 Å². The molecule has 0 N–H and O–H groups in total. The lowest BCUT2D eigenvalue weighted by molar-refractivity contribution is 0.0666. The molecule has 0 aliphatic heterocycles. The molecule has 0 spiro atoms. The number of benzene rings is 2. The van der Waals surface area contributed by atoms with Crippen molar-refractivity contribution in [2.45, 2.75) is 39.4 Å². The highest BCUT2D eigenvalue weighted by Gasteiger charge is 2.23. The molecule has 0 fully saturated rings. The molecular weight excluding hydrogens is 376 g/mol. The Bertz CT molecular complexity index is 943. The van der Waals surface area contributed by atoms with E-state index in [4.69, 9.17) is 9.47 Å². The van der Waals surface area contributed by atoms with Crippen molar-refractivity contribution in [1.29, 1.82) is 0 Å². The van der Waals surface area contributed by atoms with Crippen LogP contribution in [0.25, 0.3) is 0 Å². The van der Waals surface area contributed by atoms with Crippen molar-refractivity contribution in [2.24, 2.45) is 0 Å². The van der Waals surface area contributed by atoms with Gasteiger partial charge in [0, 0.05) is 36.1 Å². The molecule has 2 aromatic carbocycles. The summed E-state index contributed by atoms with van der Waals surface area (Å²) in [5, 5.41) is 0. The van der Waals surface area contributed by atoms with Crippen LogP contribution in [0.2, 0.25) is 0 Å². The number of ether oxygens (including phenoxy) is 2. The Morgan fingerprint density at radius 1 is 1.00 bits per heavy atom. The first kappa shape index (κ1) is 21.5. The lowest BCUT2D eigenvalue weighted by Crippen LogP contribution is -2.38. The van der Waals surface area contributed by atoms with Gasteiger partial charge in [0.05, 0.1) is 20.8 Å². The Morgan fingerprint density at radius 3 is 2.27 bits per heavy atom. The van der Waals surface area contributed by atoms with Gasteiger partial charge in [-0.2, -0.15) is 0 Å². The second kappa shape index (κ2) is 10.0. The number of aromatic nitrogens is 1. The molecule has 3 rings (SSSR count). The summed E-state index contributed by atoms with van der Waals surface area (Å²) in [5.74, 6) is 1.18. The summed E-state index contributed by atoms with van der Waals surface area (Å²) in [7, 11) is 3.18. The quantitative estimate of drug-likeness (QED) is 0.503. The normalized spacial score (nSPS) is 11.7. The van der Waals surface area contributed by atoms with Gasteiger partial charge in [0.2, 0.25) is 0 Å². The van der Waals surface area contributed by atoms with E-state index in [0.717, 1.165) is 18.7 Å². The first-order valence-corrected chi connectivity index (χ1v) is 10.3. The molecule has 158 valence electrons. The summed E-state index contributed by atoms with van der Waals surface area (Å²) < 4.78 is 12.9. The third-order valence-corrected chi connectivity index (χ3v) is 5.43. The molecule has 5 heteroatoms. The van der Waals surface area contributed by atoms with Crippen LogP contribution in [0.1, 0.15) is 41.9 Å². The highest BCUT2D eigenvalue weighted by atomic mass is 16.5. The summed E-state index contributed by atoms with van der Waals surface area (Å²) in [4.78, 5) is 15.4. The minimum atomic E-state index is -0.0333. The zero-order valence-electron chi connectivity index (χ0n) is 18.2. The van der Waals surface area contributed by atoms with E-state index < -0.39 is 0 Å². The molecule has 1 unspecified atom stereocenters. The SMILES string of the molecule is CCC(C)N(Cc1cccn1Cc1ccccc1)C(=O)c1cc(OC)cc(OC)c1. The molecule has 0 aliphatic rings. The lowest BCUT2D eigenvalue weighted by atomic mass is 10.1. The predicted octanol–water partition coefficient (Wildman–Crippen LogP) is 4.99. The zero-order valence-corrected chi connectivity index (χ0v) is 18.2. The molecule has 1 amide bonds. The van der Waals surface area contributed by atoms with Crippen molar-refractivity contribution in [1.82, 2.24) is 9.47 Å². The number of amides is 1. The maximum absolute atomic E-state index is 13.5.